The van der Waals surface area contributed by atoms with E-state index >= 15 is 0 Å². The lowest BCUT2D eigenvalue weighted by Gasteiger charge is -2.20. The van der Waals surface area contributed by atoms with Crippen LogP contribution in [0.2, 0.25) is 0 Å². The Morgan fingerprint density at radius 2 is 2.30 bits per heavy atom. The highest BCUT2D eigenvalue weighted by molar-refractivity contribution is 5.82. The van der Waals surface area contributed by atoms with Crippen molar-refractivity contribution in [3.8, 4) is 0 Å². The molecule has 0 aromatic carbocycles. The predicted octanol–water partition coefficient (Wildman–Crippen LogP) is 3.29. The Labute approximate surface area is 118 Å². The van der Waals surface area contributed by atoms with Gasteiger partial charge in [-0.2, -0.15) is 0 Å². The van der Waals surface area contributed by atoms with E-state index in [1.807, 2.05) is 26.0 Å². The zero-order chi connectivity index (χ0) is 15.0. The van der Waals surface area contributed by atoms with Crippen LogP contribution in [0.5, 0.6) is 0 Å². The molecular formula is C14H18N4O2. The van der Waals surface area contributed by atoms with Crippen molar-refractivity contribution in [2.24, 2.45) is 5.11 Å². The maximum Gasteiger partial charge on any atom is 0.330 e. The van der Waals surface area contributed by atoms with Gasteiger partial charge in [-0.3, -0.25) is 4.98 Å². The molecule has 0 amide bonds. The summed E-state index contributed by atoms with van der Waals surface area (Å²) in [5.41, 5.74) is 9.39. The van der Waals surface area contributed by atoms with Gasteiger partial charge in [0, 0.05) is 22.1 Å². The number of allylic oxidation sites excluding steroid dienone is 1. The lowest BCUT2D eigenvalue weighted by atomic mass is 9.88. The molecule has 0 spiro atoms. The fraction of sp³-hybridized carbons (Fsp3) is 0.429. The number of carbonyl (C=O) groups excluding carboxylic acids is 1. The van der Waals surface area contributed by atoms with Crippen LogP contribution in [-0.4, -0.2) is 17.6 Å². The second-order valence-corrected chi connectivity index (χ2v) is 4.71. The third kappa shape index (κ3) is 4.74. The molecule has 106 valence electrons. The first-order valence-electron chi connectivity index (χ1n) is 6.33. The van der Waals surface area contributed by atoms with E-state index in [1.54, 1.807) is 19.1 Å². The van der Waals surface area contributed by atoms with Gasteiger partial charge >= 0.3 is 5.97 Å². The Bertz CT molecular complexity index is 546. The van der Waals surface area contributed by atoms with E-state index in [2.05, 4.69) is 15.0 Å². The molecule has 0 saturated carbocycles. The Balaban J connectivity index is 2.91. The summed E-state index contributed by atoms with van der Waals surface area (Å²) in [6, 6.07) is 5.52. The van der Waals surface area contributed by atoms with Crippen LogP contribution in [-0.2, 0) is 21.5 Å². The number of aromatic nitrogens is 1. The SMILES string of the molecule is CCOC(=O)/C=C/C(C)(C)c1cccc(CN=[N+]=[N-])n1. The van der Waals surface area contributed by atoms with Gasteiger partial charge in [0.25, 0.3) is 0 Å². The first kappa shape index (κ1) is 15.7. The monoisotopic (exact) mass is 274 g/mol. The molecule has 0 radical (unpaired) electrons. The quantitative estimate of drug-likeness (QED) is 0.262. The highest BCUT2D eigenvalue weighted by Gasteiger charge is 2.19. The standard InChI is InChI=1S/C14H18N4O2/c1-4-20-13(19)8-9-14(2,3)12-7-5-6-11(17-12)10-16-18-15/h5-9H,4,10H2,1-3H3/b9-8+. The van der Waals surface area contributed by atoms with E-state index in [-0.39, 0.29) is 12.5 Å². The van der Waals surface area contributed by atoms with Crippen LogP contribution < -0.4 is 0 Å². The largest absolute Gasteiger partial charge is 0.463 e. The average Bonchev–Trinajstić information content (AvgIpc) is 2.44. The Kier molecular flexibility index (Phi) is 5.74. The maximum absolute atomic E-state index is 11.3. The van der Waals surface area contributed by atoms with Crippen molar-refractivity contribution in [1.29, 1.82) is 0 Å². The molecular weight excluding hydrogens is 256 g/mol. The number of rotatable bonds is 6. The highest BCUT2D eigenvalue weighted by atomic mass is 16.5. The number of hydrogen-bond donors (Lipinski definition) is 0. The highest BCUT2D eigenvalue weighted by Crippen LogP contribution is 2.23. The molecule has 0 atom stereocenters. The van der Waals surface area contributed by atoms with Gasteiger partial charge in [-0.15, -0.1) is 0 Å². The van der Waals surface area contributed by atoms with Crippen molar-refractivity contribution in [2.45, 2.75) is 32.7 Å². The summed E-state index contributed by atoms with van der Waals surface area (Å²) >= 11 is 0. The maximum atomic E-state index is 11.3. The van der Waals surface area contributed by atoms with Gasteiger partial charge in [0.2, 0.25) is 0 Å². The zero-order valence-electron chi connectivity index (χ0n) is 11.9. The van der Waals surface area contributed by atoms with Crippen molar-refractivity contribution in [2.75, 3.05) is 6.61 Å². The van der Waals surface area contributed by atoms with Crippen molar-refractivity contribution < 1.29 is 9.53 Å². The van der Waals surface area contributed by atoms with E-state index in [0.29, 0.717) is 12.3 Å². The number of hydrogen-bond acceptors (Lipinski definition) is 4. The smallest absolute Gasteiger partial charge is 0.330 e. The second kappa shape index (κ2) is 7.31. The minimum absolute atomic E-state index is 0.210. The van der Waals surface area contributed by atoms with Gasteiger partial charge in [0.05, 0.1) is 18.8 Å². The first-order chi connectivity index (χ1) is 9.49. The minimum atomic E-state index is -0.418. The summed E-state index contributed by atoms with van der Waals surface area (Å²) in [4.78, 5) is 18.5. The molecule has 0 aliphatic carbocycles. The van der Waals surface area contributed by atoms with Crippen molar-refractivity contribution in [3.05, 3.63) is 52.2 Å². The number of carbonyl (C=O) groups is 1. The van der Waals surface area contributed by atoms with Gasteiger partial charge in [0.1, 0.15) is 0 Å². The van der Waals surface area contributed by atoms with Crippen LogP contribution in [0.25, 0.3) is 10.4 Å². The van der Waals surface area contributed by atoms with Crippen molar-refractivity contribution in [3.63, 3.8) is 0 Å². The van der Waals surface area contributed by atoms with Gasteiger partial charge in [0.15, 0.2) is 0 Å². The summed E-state index contributed by atoms with van der Waals surface area (Å²) in [5, 5.41) is 3.49. The second-order valence-electron chi connectivity index (χ2n) is 4.71. The van der Waals surface area contributed by atoms with Crippen LogP contribution >= 0.6 is 0 Å². The van der Waals surface area contributed by atoms with Crippen LogP contribution in [0, 0.1) is 0 Å². The van der Waals surface area contributed by atoms with Crippen LogP contribution in [0.1, 0.15) is 32.2 Å². The van der Waals surface area contributed by atoms with E-state index in [1.165, 1.54) is 6.08 Å². The van der Waals surface area contributed by atoms with E-state index in [9.17, 15) is 4.79 Å². The van der Waals surface area contributed by atoms with Gasteiger partial charge in [-0.25, -0.2) is 4.79 Å². The molecule has 0 fully saturated rings. The molecule has 1 aromatic heterocycles. The molecule has 20 heavy (non-hydrogen) atoms. The first-order valence-corrected chi connectivity index (χ1v) is 6.33. The molecule has 0 N–H and O–H groups in total. The van der Waals surface area contributed by atoms with Crippen LogP contribution in [0.3, 0.4) is 0 Å². The van der Waals surface area contributed by atoms with Crippen LogP contribution in [0.4, 0.5) is 0 Å². The number of azide groups is 1. The van der Waals surface area contributed by atoms with Gasteiger partial charge in [-0.05, 0) is 24.6 Å². The third-order valence-electron chi connectivity index (χ3n) is 2.69. The number of pyridine rings is 1. The summed E-state index contributed by atoms with van der Waals surface area (Å²) in [6.07, 6.45) is 3.16. The predicted molar refractivity (Wildman–Crippen MR) is 75.9 cm³/mol. The summed E-state index contributed by atoms with van der Waals surface area (Å²) in [6.45, 7) is 6.22. The fourth-order valence-electron chi connectivity index (χ4n) is 1.58. The van der Waals surface area contributed by atoms with E-state index < -0.39 is 5.41 Å². The third-order valence-corrected chi connectivity index (χ3v) is 2.69. The zero-order valence-corrected chi connectivity index (χ0v) is 11.9. The fourth-order valence-corrected chi connectivity index (χ4v) is 1.58. The Morgan fingerprint density at radius 3 is 2.95 bits per heavy atom. The summed E-state index contributed by atoms with van der Waals surface area (Å²) < 4.78 is 4.85. The summed E-state index contributed by atoms with van der Waals surface area (Å²) in [5.74, 6) is -0.370. The number of esters is 1. The van der Waals surface area contributed by atoms with E-state index in [0.717, 1.165) is 5.69 Å². The van der Waals surface area contributed by atoms with E-state index in [4.69, 9.17) is 10.3 Å². The molecule has 0 unspecified atom stereocenters. The molecule has 0 bridgehead atoms. The van der Waals surface area contributed by atoms with Crippen LogP contribution in [0.15, 0.2) is 35.5 Å². The van der Waals surface area contributed by atoms with Gasteiger partial charge in [-0.1, -0.05) is 31.1 Å². The number of ether oxygens (including phenoxy) is 1. The minimum Gasteiger partial charge on any atom is -0.463 e. The molecule has 0 aliphatic rings. The lowest BCUT2D eigenvalue weighted by molar-refractivity contribution is -0.137. The number of nitrogens with zero attached hydrogens (tertiary/aromatic N) is 4. The molecule has 6 nitrogen and oxygen atoms in total. The average molecular weight is 274 g/mol. The molecule has 6 heteroatoms. The van der Waals surface area contributed by atoms with Crippen molar-refractivity contribution in [1.82, 2.24) is 4.98 Å². The molecule has 1 heterocycles. The molecule has 1 rings (SSSR count). The Morgan fingerprint density at radius 1 is 1.55 bits per heavy atom. The lowest BCUT2D eigenvalue weighted by Crippen LogP contribution is -2.17. The van der Waals surface area contributed by atoms with Gasteiger partial charge < -0.3 is 4.74 Å². The molecule has 0 aliphatic heterocycles. The molecule has 0 saturated heterocycles. The normalized spacial score (nSPS) is 11.2. The molecule has 1 aromatic rings. The summed E-state index contributed by atoms with van der Waals surface area (Å²) in [7, 11) is 0. The topological polar surface area (TPSA) is 88.0 Å². The Hall–Kier alpha value is -2.33. The van der Waals surface area contributed by atoms with Crippen molar-refractivity contribution >= 4 is 5.97 Å².